The quantitative estimate of drug-likeness (QED) is 0.606. The smallest absolute Gasteiger partial charge is 0.270 e. The zero-order chi connectivity index (χ0) is 19.6. The van der Waals surface area contributed by atoms with Crippen LogP contribution in [-0.2, 0) is 6.42 Å². The highest BCUT2D eigenvalue weighted by atomic mass is 19.3. The van der Waals surface area contributed by atoms with Crippen molar-refractivity contribution in [3.63, 3.8) is 0 Å². The second-order valence-electron chi connectivity index (χ2n) is 8.17. The Morgan fingerprint density at radius 2 is 1.85 bits per heavy atom. The maximum atomic E-state index is 14.7. The van der Waals surface area contributed by atoms with Gasteiger partial charge in [0, 0.05) is 5.56 Å². The number of benzene rings is 1. The van der Waals surface area contributed by atoms with Crippen LogP contribution in [0.5, 0.6) is 5.75 Å². The Morgan fingerprint density at radius 1 is 1.15 bits per heavy atom. The van der Waals surface area contributed by atoms with Crippen LogP contribution in [0.25, 0.3) is 0 Å². The van der Waals surface area contributed by atoms with Gasteiger partial charge in [-0.1, -0.05) is 39.5 Å². The predicted octanol–water partition coefficient (Wildman–Crippen LogP) is 6.51. The van der Waals surface area contributed by atoms with Gasteiger partial charge in [-0.15, -0.1) is 0 Å². The van der Waals surface area contributed by atoms with E-state index in [4.69, 9.17) is 4.74 Å². The highest BCUT2D eigenvalue weighted by molar-refractivity contribution is 5.48. The minimum Gasteiger partial charge on any atom is -0.489 e. The van der Waals surface area contributed by atoms with Gasteiger partial charge in [-0.25, -0.2) is 13.2 Å². The van der Waals surface area contributed by atoms with Gasteiger partial charge < -0.3 is 9.84 Å². The molecule has 2 unspecified atom stereocenters. The zero-order valence-corrected chi connectivity index (χ0v) is 16.3. The lowest BCUT2D eigenvalue weighted by molar-refractivity contribution is 0.0662. The van der Waals surface area contributed by atoms with Crippen molar-refractivity contribution in [2.45, 2.75) is 90.3 Å². The summed E-state index contributed by atoms with van der Waals surface area (Å²) in [6.45, 7) is 3.91. The zero-order valence-electron chi connectivity index (χ0n) is 16.3. The molecule has 0 saturated heterocycles. The Hall–Kier alpha value is -1.23. The lowest BCUT2D eigenvalue weighted by Crippen LogP contribution is -2.34. The second kappa shape index (κ2) is 8.85. The Kier molecular flexibility index (Phi) is 6.72. The van der Waals surface area contributed by atoms with Crippen molar-refractivity contribution in [3.05, 3.63) is 28.6 Å². The van der Waals surface area contributed by atoms with E-state index in [-0.39, 0.29) is 23.8 Å². The van der Waals surface area contributed by atoms with Crippen LogP contribution in [0.2, 0.25) is 0 Å². The SMILES string of the molecule is CCCC1CCC(C2CCc3cc(C(O)CC)c(F)c(C(F)F)c3O2)CC1. The van der Waals surface area contributed by atoms with E-state index in [1.807, 2.05) is 0 Å². The van der Waals surface area contributed by atoms with Gasteiger partial charge in [0.25, 0.3) is 6.43 Å². The first-order valence-corrected chi connectivity index (χ1v) is 10.4. The molecule has 2 aliphatic rings. The summed E-state index contributed by atoms with van der Waals surface area (Å²) >= 11 is 0. The Balaban J connectivity index is 1.82. The predicted molar refractivity (Wildman–Crippen MR) is 99.7 cm³/mol. The molecule has 0 bridgehead atoms. The number of aliphatic hydroxyl groups excluding tert-OH is 1. The van der Waals surface area contributed by atoms with Crippen molar-refractivity contribution in [3.8, 4) is 5.75 Å². The number of hydrogen-bond acceptors (Lipinski definition) is 2. The standard InChI is InChI=1S/C22H31F3O2/c1-3-5-13-6-8-14(9-7-13)18-11-10-15-12-16(17(26)4-2)20(23)19(22(24)25)21(15)27-18/h12-14,17-18,22,26H,3-11H2,1-2H3. The Morgan fingerprint density at radius 3 is 2.44 bits per heavy atom. The molecule has 1 fully saturated rings. The van der Waals surface area contributed by atoms with Gasteiger partial charge in [-0.2, -0.15) is 0 Å². The van der Waals surface area contributed by atoms with Crippen LogP contribution in [0.1, 0.15) is 94.4 Å². The van der Waals surface area contributed by atoms with Gasteiger partial charge >= 0.3 is 0 Å². The molecule has 3 rings (SSSR count). The maximum Gasteiger partial charge on any atom is 0.270 e. The number of ether oxygens (including phenoxy) is 1. The summed E-state index contributed by atoms with van der Waals surface area (Å²) in [6.07, 6.45) is 4.42. The van der Waals surface area contributed by atoms with Crippen molar-refractivity contribution < 1.29 is 23.0 Å². The molecule has 1 aliphatic carbocycles. The molecule has 1 saturated carbocycles. The van der Waals surface area contributed by atoms with Gasteiger partial charge in [0.2, 0.25) is 0 Å². The van der Waals surface area contributed by atoms with Crippen molar-refractivity contribution in [2.75, 3.05) is 0 Å². The molecule has 27 heavy (non-hydrogen) atoms. The van der Waals surface area contributed by atoms with Crippen LogP contribution in [-0.4, -0.2) is 11.2 Å². The number of alkyl halides is 2. The Bertz CT molecular complexity index is 639. The summed E-state index contributed by atoms with van der Waals surface area (Å²) < 4.78 is 48.1. The maximum absolute atomic E-state index is 14.7. The first kappa shape index (κ1) is 20.5. The van der Waals surface area contributed by atoms with E-state index in [0.29, 0.717) is 17.9 Å². The minimum atomic E-state index is -2.96. The fourth-order valence-corrected chi connectivity index (χ4v) is 4.82. The highest BCUT2D eigenvalue weighted by Crippen LogP contribution is 2.44. The summed E-state index contributed by atoms with van der Waals surface area (Å²) in [5, 5.41) is 10.0. The average molecular weight is 384 g/mol. The average Bonchev–Trinajstić information content (AvgIpc) is 2.67. The van der Waals surface area contributed by atoms with E-state index >= 15 is 0 Å². The van der Waals surface area contributed by atoms with Crippen LogP contribution in [0.3, 0.4) is 0 Å². The topological polar surface area (TPSA) is 29.5 Å². The van der Waals surface area contributed by atoms with Crippen LogP contribution in [0, 0.1) is 17.7 Å². The molecule has 2 atom stereocenters. The van der Waals surface area contributed by atoms with E-state index in [1.165, 1.54) is 31.7 Å². The molecule has 1 aromatic carbocycles. The van der Waals surface area contributed by atoms with Gasteiger partial charge in [0.1, 0.15) is 17.7 Å². The number of rotatable bonds is 6. The van der Waals surface area contributed by atoms with Crippen LogP contribution < -0.4 is 4.74 Å². The normalized spacial score (nSPS) is 26.6. The first-order valence-electron chi connectivity index (χ1n) is 10.4. The molecule has 1 N–H and O–H groups in total. The third-order valence-electron chi connectivity index (χ3n) is 6.40. The van der Waals surface area contributed by atoms with Gasteiger partial charge in [0.05, 0.1) is 11.7 Å². The molecular weight excluding hydrogens is 353 g/mol. The fourth-order valence-electron chi connectivity index (χ4n) is 4.82. The number of aryl methyl sites for hydroxylation is 1. The van der Waals surface area contributed by atoms with Crippen LogP contribution in [0.4, 0.5) is 13.2 Å². The molecule has 0 radical (unpaired) electrons. The summed E-state index contributed by atoms with van der Waals surface area (Å²) in [5.74, 6) is 0.155. The molecule has 1 aromatic rings. The van der Waals surface area contributed by atoms with Crippen molar-refractivity contribution in [1.29, 1.82) is 0 Å². The lowest BCUT2D eigenvalue weighted by atomic mass is 9.76. The van der Waals surface area contributed by atoms with Gasteiger partial charge in [-0.3, -0.25) is 0 Å². The molecule has 0 aromatic heterocycles. The third kappa shape index (κ3) is 4.28. The molecule has 152 valence electrons. The van der Waals surface area contributed by atoms with E-state index in [1.54, 1.807) is 6.92 Å². The first-order chi connectivity index (χ1) is 13.0. The second-order valence-corrected chi connectivity index (χ2v) is 8.17. The number of hydrogen-bond donors (Lipinski definition) is 1. The summed E-state index contributed by atoms with van der Waals surface area (Å²) in [7, 11) is 0. The molecular formula is C22H31F3O2. The molecule has 0 spiro atoms. The lowest BCUT2D eigenvalue weighted by Gasteiger charge is -2.37. The largest absolute Gasteiger partial charge is 0.489 e. The Labute approximate surface area is 160 Å². The number of halogens is 3. The summed E-state index contributed by atoms with van der Waals surface area (Å²) in [4.78, 5) is 0. The number of fused-ring (bicyclic) bond motifs is 1. The monoisotopic (exact) mass is 384 g/mol. The summed E-state index contributed by atoms with van der Waals surface area (Å²) in [6, 6.07) is 1.53. The molecule has 2 nitrogen and oxygen atoms in total. The van der Waals surface area contributed by atoms with E-state index in [0.717, 1.165) is 25.2 Å². The molecule has 1 heterocycles. The van der Waals surface area contributed by atoms with Crippen molar-refractivity contribution in [2.24, 2.45) is 11.8 Å². The molecule has 0 amide bonds. The van der Waals surface area contributed by atoms with E-state index < -0.39 is 23.9 Å². The highest BCUT2D eigenvalue weighted by Gasteiger charge is 2.35. The van der Waals surface area contributed by atoms with Gasteiger partial charge in [0.15, 0.2) is 0 Å². The van der Waals surface area contributed by atoms with Gasteiger partial charge in [-0.05, 0) is 55.6 Å². The van der Waals surface area contributed by atoms with Crippen LogP contribution in [0.15, 0.2) is 6.07 Å². The van der Waals surface area contributed by atoms with E-state index in [9.17, 15) is 18.3 Å². The summed E-state index contributed by atoms with van der Waals surface area (Å²) in [5.41, 5.74) is -0.0989. The molecule has 1 aliphatic heterocycles. The minimum absolute atomic E-state index is 0.0292. The third-order valence-corrected chi connectivity index (χ3v) is 6.40. The van der Waals surface area contributed by atoms with Crippen molar-refractivity contribution in [1.82, 2.24) is 0 Å². The van der Waals surface area contributed by atoms with Crippen LogP contribution >= 0.6 is 0 Å². The number of aliphatic hydroxyl groups is 1. The molecule has 5 heteroatoms. The fraction of sp³-hybridized carbons (Fsp3) is 0.727. The van der Waals surface area contributed by atoms with Crippen molar-refractivity contribution >= 4 is 0 Å². The van der Waals surface area contributed by atoms with E-state index in [2.05, 4.69) is 6.92 Å².